The van der Waals surface area contributed by atoms with Crippen LogP contribution in [-0.4, -0.2) is 34.3 Å². The zero-order valence-corrected chi connectivity index (χ0v) is 18.1. The summed E-state index contributed by atoms with van der Waals surface area (Å²) in [4.78, 5) is 31.5. The largest absolute Gasteiger partial charge is 0.361 e. The second-order valence-electron chi connectivity index (χ2n) is 9.15. The molecule has 4 unspecified atom stereocenters. The van der Waals surface area contributed by atoms with Crippen molar-refractivity contribution in [3.05, 3.63) is 71.4 Å². The first-order chi connectivity index (χ1) is 15.0. The molecule has 0 spiro atoms. The van der Waals surface area contributed by atoms with Crippen molar-refractivity contribution in [2.24, 2.45) is 11.8 Å². The monoisotopic (exact) mass is 415 g/mol. The van der Waals surface area contributed by atoms with E-state index in [0.717, 1.165) is 34.9 Å². The molecule has 1 aliphatic carbocycles. The molecule has 1 aromatic heterocycles. The molecular weight excluding hydrogens is 386 g/mol. The van der Waals surface area contributed by atoms with E-state index >= 15 is 0 Å². The number of benzene rings is 2. The van der Waals surface area contributed by atoms with Gasteiger partial charge in [-0.25, -0.2) is 0 Å². The summed E-state index contributed by atoms with van der Waals surface area (Å²) < 4.78 is 0. The third kappa shape index (κ3) is 3.42. The number of aromatic nitrogens is 1. The predicted octanol–water partition coefficient (Wildman–Crippen LogP) is 4.65. The first-order valence-electron chi connectivity index (χ1n) is 11.3. The first-order valence-corrected chi connectivity index (χ1v) is 11.3. The quantitative estimate of drug-likeness (QED) is 0.651. The Morgan fingerprint density at radius 1 is 1.06 bits per heavy atom. The number of hydrogen-bond acceptors (Lipinski definition) is 2. The fourth-order valence-electron chi connectivity index (χ4n) is 5.38. The van der Waals surface area contributed by atoms with Gasteiger partial charge in [-0.2, -0.15) is 0 Å². The number of carbonyl (C=O) groups is 2. The highest BCUT2D eigenvalue weighted by Gasteiger charge is 2.40. The second kappa shape index (κ2) is 7.88. The molecule has 5 rings (SSSR count). The fraction of sp³-hybridized carbons (Fsp3) is 0.385. The zero-order valence-electron chi connectivity index (χ0n) is 18.1. The van der Waals surface area contributed by atoms with Gasteiger partial charge in [-0.15, -0.1) is 0 Å². The van der Waals surface area contributed by atoms with E-state index in [2.05, 4.69) is 30.2 Å². The summed E-state index contributed by atoms with van der Waals surface area (Å²) in [5.41, 5.74) is 3.71. The van der Waals surface area contributed by atoms with Crippen LogP contribution in [0.4, 0.5) is 0 Å². The minimum Gasteiger partial charge on any atom is -0.361 e. The van der Waals surface area contributed by atoms with Crippen LogP contribution in [0.5, 0.6) is 0 Å². The Morgan fingerprint density at radius 2 is 1.84 bits per heavy atom. The van der Waals surface area contributed by atoms with Crippen LogP contribution in [0.3, 0.4) is 0 Å². The molecule has 5 nitrogen and oxygen atoms in total. The average molecular weight is 416 g/mol. The van der Waals surface area contributed by atoms with Gasteiger partial charge in [0.1, 0.15) is 6.54 Å². The van der Waals surface area contributed by atoms with Crippen molar-refractivity contribution in [3.8, 4) is 0 Å². The number of H-pyrrole nitrogens is 1. The van der Waals surface area contributed by atoms with Crippen LogP contribution in [-0.2, 0) is 4.79 Å². The van der Waals surface area contributed by atoms with Gasteiger partial charge in [0.25, 0.3) is 5.91 Å². The van der Waals surface area contributed by atoms with Gasteiger partial charge in [0.2, 0.25) is 5.91 Å². The molecule has 2 aromatic carbocycles. The van der Waals surface area contributed by atoms with E-state index in [0.29, 0.717) is 17.4 Å². The lowest BCUT2D eigenvalue weighted by atomic mass is 9.78. The van der Waals surface area contributed by atoms with E-state index in [4.69, 9.17) is 0 Å². The lowest BCUT2D eigenvalue weighted by molar-refractivity contribution is -0.123. The van der Waals surface area contributed by atoms with Crippen LogP contribution in [0.2, 0.25) is 0 Å². The van der Waals surface area contributed by atoms with E-state index in [1.54, 1.807) is 4.90 Å². The predicted molar refractivity (Wildman–Crippen MR) is 122 cm³/mol. The smallest absolute Gasteiger partial charge is 0.255 e. The number of rotatable bonds is 4. The highest BCUT2D eigenvalue weighted by Crippen LogP contribution is 2.41. The Hall–Kier alpha value is -3.08. The molecular formula is C26H29N3O2. The van der Waals surface area contributed by atoms with Gasteiger partial charge in [-0.1, -0.05) is 63.1 Å². The highest BCUT2D eigenvalue weighted by molar-refractivity contribution is 6.02. The van der Waals surface area contributed by atoms with Gasteiger partial charge in [0.15, 0.2) is 0 Å². The van der Waals surface area contributed by atoms with Crippen molar-refractivity contribution in [2.45, 2.75) is 45.2 Å². The number of fused-ring (bicyclic) bond motifs is 2. The van der Waals surface area contributed by atoms with Crippen molar-refractivity contribution in [3.63, 3.8) is 0 Å². The summed E-state index contributed by atoms with van der Waals surface area (Å²) in [5, 5.41) is 4.32. The van der Waals surface area contributed by atoms with E-state index in [-0.39, 0.29) is 30.4 Å². The molecule has 2 amide bonds. The molecule has 1 fully saturated rings. The lowest BCUT2D eigenvalue weighted by Gasteiger charge is -2.35. The maximum Gasteiger partial charge on any atom is 0.255 e. The van der Waals surface area contributed by atoms with Gasteiger partial charge < -0.3 is 15.2 Å². The fourth-order valence-corrected chi connectivity index (χ4v) is 5.38. The molecule has 31 heavy (non-hydrogen) atoms. The molecule has 0 saturated heterocycles. The topological polar surface area (TPSA) is 65.2 Å². The third-order valence-corrected chi connectivity index (χ3v) is 7.34. The number of para-hydroxylation sites is 1. The van der Waals surface area contributed by atoms with Crippen LogP contribution in [0.25, 0.3) is 10.9 Å². The summed E-state index contributed by atoms with van der Waals surface area (Å²) in [7, 11) is 0. The van der Waals surface area contributed by atoms with Crippen LogP contribution in [0, 0.1) is 11.8 Å². The van der Waals surface area contributed by atoms with Gasteiger partial charge in [0, 0.05) is 34.3 Å². The number of hydrogen-bond donors (Lipinski definition) is 2. The minimum atomic E-state index is -0.270. The van der Waals surface area contributed by atoms with Crippen molar-refractivity contribution in [1.82, 2.24) is 15.2 Å². The standard InChI is InChI=1S/C26H29N3O2/c1-16-8-7-13-22(17(16)2)28-24(30)15-29-25(19-10-3-4-11-20(19)26(29)31)21-14-27-23-12-6-5-9-18(21)23/h3-6,9-12,14,16-17,22,25,27H,7-8,13,15H2,1-2H3,(H,28,30). The summed E-state index contributed by atoms with van der Waals surface area (Å²) >= 11 is 0. The van der Waals surface area contributed by atoms with Crippen molar-refractivity contribution in [1.29, 1.82) is 0 Å². The summed E-state index contributed by atoms with van der Waals surface area (Å²) in [5.74, 6) is 0.910. The van der Waals surface area contributed by atoms with E-state index in [9.17, 15) is 9.59 Å². The van der Waals surface area contributed by atoms with E-state index in [1.165, 1.54) is 6.42 Å². The molecule has 0 bridgehead atoms. The molecule has 1 aliphatic heterocycles. The number of amides is 2. The van der Waals surface area contributed by atoms with Crippen LogP contribution < -0.4 is 5.32 Å². The molecule has 4 atom stereocenters. The van der Waals surface area contributed by atoms with E-state index in [1.807, 2.05) is 48.7 Å². The van der Waals surface area contributed by atoms with Crippen molar-refractivity contribution >= 4 is 22.7 Å². The maximum absolute atomic E-state index is 13.3. The third-order valence-electron chi connectivity index (χ3n) is 7.34. The van der Waals surface area contributed by atoms with Crippen LogP contribution >= 0.6 is 0 Å². The van der Waals surface area contributed by atoms with Crippen molar-refractivity contribution < 1.29 is 9.59 Å². The SMILES string of the molecule is CC1CCCC(NC(=O)CN2C(=O)c3ccccc3C2c2c[nH]c3ccccc23)C1C. The summed E-state index contributed by atoms with van der Waals surface area (Å²) in [6, 6.07) is 15.7. The second-order valence-corrected chi connectivity index (χ2v) is 9.15. The highest BCUT2D eigenvalue weighted by atomic mass is 16.2. The Kier molecular flexibility index (Phi) is 5.05. The lowest BCUT2D eigenvalue weighted by Crippen LogP contribution is -2.48. The first kappa shape index (κ1) is 19.9. The Bertz CT molecular complexity index is 1130. The molecule has 160 valence electrons. The molecule has 3 aromatic rings. The number of nitrogens with one attached hydrogen (secondary N) is 2. The Morgan fingerprint density at radius 3 is 2.71 bits per heavy atom. The van der Waals surface area contributed by atoms with Gasteiger partial charge >= 0.3 is 0 Å². The summed E-state index contributed by atoms with van der Waals surface area (Å²) in [6.45, 7) is 4.55. The molecule has 1 saturated carbocycles. The maximum atomic E-state index is 13.3. The number of nitrogens with zero attached hydrogens (tertiary/aromatic N) is 1. The molecule has 5 heteroatoms. The van der Waals surface area contributed by atoms with Crippen molar-refractivity contribution in [2.75, 3.05) is 6.54 Å². The Balaban J connectivity index is 1.45. The molecule has 2 heterocycles. The summed E-state index contributed by atoms with van der Waals surface area (Å²) in [6.07, 6.45) is 5.34. The van der Waals surface area contributed by atoms with Crippen LogP contribution in [0.1, 0.15) is 60.6 Å². The van der Waals surface area contributed by atoms with Crippen LogP contribution in [0.15, 0.2) is 54.7 Å². The minimum absolute atomic E-state index is 0.0648. The normalized spacial score (nSPS) is 25.6. The number of aromatic amines is 1. The zero-order chi connectivity index (χ0) is 21.5. The average Bonchev–Trinajstić information content (AvgIpc) is 3.31. The molecule has 0 radical (unpaired) electrons. The van der Waals surface area contributed by atoms with Gasteiger partial charge in [-0.05, 0) is 36.0 Å². The van der Waals surface area contributed by atoms with E-state index < -0.39 is 0 Å². The van der Waals surface area contributed by atoms with Gasteiger partial charge in [0.05, 0.1) is 6.04 Å². The number of carbonyl (C=O) groups excluding carboxylic acids is 2. The molecule has 2 N–H and O–H groups in total. The molecule has 2 aliphatic rings. The van der Waals surface area contributed by atoms with Gasteiger partial charge in [-0.3, -0.25) is 9.59 Å². The Labute approximate surface area is 182 Å².